The molecule has 28 heavy (non-hydrogen) atoms. The van der Waals surface area contributed by atoms with Crippen molar-refractivity contribution in [3.8, 4) is 0 Å². The van der Waals surface area contributed by atoms with Crippen molar-refractivity contribution < 1.29 is 14.1 Å². The lowest BCUT2D eigenvalue weighted by atomic mass is 10.1. The first-order chi connectivity index (χ1) is 13.4. The predicted molar refractivity (Wildman–Crippen MR) is 105 cm³/mol. The highest BCUT2D eigenvalue weighted by atomic mass is 16.5. The van der Waals surface area contributed by atoms with Gasteiger partial charge < -0.3 is 25.4 Å². The summed E-state index contributed by atoms with van der Waals surface area (Å²) in [5.41, 5.74) is 2.18. The first-order valence-electron chi connectivity index (χ1n) is 9.33. The number of hydrogen-bond donors (Lipinski definition) is 3. The van der Waals surface area contributed by atoms with Crippen molar-refractivity contribution in [3.63, 3.8) is 0 Å². The zero-order valence-corrected chi connectivity index (χ0v) is 16.4. The van der Waals surface area contributed by atoms with Crippen molar-refractivity contribution in [2.24, 2.45) is 0 Å². The standard InChI is InChI=1S/C19H26N6O3/c1-12-4-7-14(10-15(12)22-17(26)11-25(2)3)21-19(27)20-9-8-16-23-18(28-24-16)13-5-6-13/h4,7,10,13H,5-6,8-9,11H2,1-3H3,(H,22,26)(H2,20,21,27). The molecule has 0 atom stereocenters. The number of likely N-dealkylation sites (N-methyl/N-ethyl adjacent to an activating group) is 1. The number of nitrogens with zero attached hydrogens (tertiary/aromatic N) is 3. The number of amides is 3. The number of urea groups is 1. The van der Waals surface area contributed by atoms with Crippen LogP contribution in [-0.2, 0) is 11.2 Å². The van der Waals surface area contributed by atoms with E-state index in [0.29, 0.717) is 42.0 Å². The van der Waals surface area contributed by atoms with Crippen molar-refractivity contribution in [2.75, 3.05) is 37.8 Å². The molecule has 9 heteroatoms. The molecule has 0 aliphatic heterocycles. The van der Waals surface area contributed by atoms with Gasteiger partial charge in [-0.15, -0.1) is 0 Å². The Balaban J connectivity index is 1.47. The Hall–Kier alpha value is -2.94. The second-order valence-corrected chi connectivity index (χ2v) is 7.27. The molecule has 1 aliphatic rings. The lowest BCUT2D eigenvalue weighted by Gasteiger charge is -2.14. The van der Waals surface area contributed by atoms with Crippen molar-refractivity contribution in [1.29, 1.82) is 0 Å². The highest BCUT2D eigenvalue weighted by molar-refractivity contribution is 5.95. The van der Waals surface area contributed by atoms with Crippen molar-refractivity contribution in [3.05, 3.63) is 35.5 Å². The van der Waals surface area contributed by atoms with Gasteiger partial charge in [-0.05, 0) is 51.6 Å². The molecule has 3 amide bonds. The molecule has 1 heterocycles. The fraction of sp³-hybridized carbons (Fsp3) is 0.474. The van der Waals surface area contributed by atoms with Crippen molar-refractivity contribution >= 4 is 23.3 Å². The third kappa shape index (κ3) is 5.78. The second-order valence-electron chi connectivity index (χ2n) is 7.27. The van der Waals surface area contributed by atoms with Crippen LogP contribution in [0.3, 0.4) is 0 Å². The Morgan fingerprint density at radius 3 is 2.75 bits per heavy atom. The van der Waals surface area contributed by atoms with E-state index in [1.165, 1.54) is 0 Å². The van der Waals surface area contributed by atoms with Crippen LogP contribution >= 0.6 is 0 Å². The maximum atomic E-state index is 12.1. The van der Waals surface area contributed by atoms with Crippen LogP contribution < -0.4 is 16.0 Å². The van der Waals surface area contributed by atoms with Crippen LogP contribution in [0.25, 0.3) is 0 Å². The van der Waals surface area contributed by atoms with Gasteiger partial charge >= 0.3 is 6.03 Å². The zero-order valence-electron chi connectivity index (χ0n) is 16.4. The Morgan fingerprint density at radius 1 is 1.25 bits per heavy atom. The normalized spacial score (nSPS) is 13.4. The summed E-state index contributed by atoms with van der Waals surface area (Å²) in [6.07, 6.45) is 2.72. The molecular formula is C19H26N6O3. The summed E-state index contributed by atoms with van der Waals surface area (Å²) in [7, 11) is 3.66. The number of carbonyl (C=O) groups is 2. The molecule has 1 aliphatic carbocycles. The van der Waals surface area contributed by atoms with E-state index in [2.05, 4.69) is 26.1 Å². The SMILES string of the molecule is Cc1ccc(NC(=O)NCCc2noc(C3CC3)n2)cc1NC(=O)CN(C)C. The zero-order chi connectivity index (χ0) is 20.1. The van der Waals surface area contributed by atoms with E-state index in [0.717, 1.165) is 18.4 Å². The molecule has 3 N–H and O–H groups in total. The fourth-order valence-electron chi connectivity index (χ4n) is 2.64. The van der Waals surface area contributed by atoms with Crippen LogP contribution in [0.2, 0.25) is 0 Å². The van der Waals surface area contributed by atoms with Gasteiger partial charge in [0.05, 0.1) is 6.54 Å². The number of aryl methyl sites for hydroxylation is 1. The van der Waals surface area contributed by atoms with Crippen molar-refractivity contribution in [2.45, 2.75) is 32.1 Å². The quantitative estimate of drug-likeness (QED) is 0.641. The monoisotopic (exact) mass is 386 g/mol. The number of nitrogens with one attached hydrogen (secondary N) is 3. The van der Waals surface area contributed by atoms with Gasteiger partial charge in [0, 0.05) is 30.3 Å². The van der Waals surface area contributed by atoms with Gasteiger partial charge in [0.2, 0.25) is 11.8 Å². The van der Waals surface area contributed by atoms with Gasteiger partial charge in [0.15, 0.2) is 5.82 Å². The number of carbonyl (C=O) groups excluding carboxylic acids is 2. The number of anilines is 2. The molecule has 0 radical (unpaired) electrons. The Kier molecular flexibility index (Phi) is 6.25. The van der Waals surface area contributed by atoms with Crippen LogP contribution in [0.15, 0.2) is 22.7 Å². The molecule has 2 aromatic rings. The summed E-state index contributed by atoms with van der Waals surface area (Å²) in [6, 6.07) is 5.04. The highest BCUT2D eigenvalue weighted by Gasteiger charge is 2.29. The summed E-state index contributed by atoms with van der Waals surface area (Å²) in [5, 5.41) is 12.3. The van der Waals surface area contributed by atoms with Crippen LogP contribution in [0.4, 0.5) is 16.2 Å². The van der Waals surface area contributed by atoms with E-state index < -0.39 is 0 Å². The summed E-state index contributed by atoms with van der Waals surface area (Å²) in [5.74, 6) is 1.61. The van der Waals surface area contributed by atoms with E-state index in [9.17, 15) is 9.59 Å². The molecule has 0 spiro atoms. The average molecular weight is 386 g/mol. The lowest BCUT2D eigenvalue weighted by molar-refractivity contribution is -0.116. The molecule has 0 unspecified atom stereocenters. The van der Waals surface area contributed by atoms with Crippen LogP contribution in [-0.4, -0.2) is 54.2 Å². The number of benzene rings is 1. The molecule has 1 aromatic heterocycles. The van der Waals surface area contributed by atoms with E-state index in [4.69, 9.17) is 4.52 Å². The summed E-state index contributed by atoms with van der Waals surface area (Å²) < 4.78 is 5.19. The third-order valence-electron chi connectivity index (χ3n) is 4.27. The fourth-order valence-corrected chi connectivity index (χ4v) is 2.64. The number of hydrogen-bond acceptors (Lipinski definition) is 6. The van der Waals surface area contributed by atoms with E-state index in [-0.39, 0.29) is 18.5 Å². The Labute approximate surface area is 163 Å². The maximum Gasteiger partial charge on any atom is 0.319 e. The van der Waals surface area contributed by atoms with Gasteiger partial charge in [-0.2, -0.15) is 4.98 Å². The van der Waals surface area contributed by atoms with Crippen molar-refractivity contribution in [1.82, 2.24) is 20.4 Å². The Morgan fingerprint density at radius 2 is 2.04 bits per heavy atom. The molecule has 1 aromatic carbocycles. The molecule has 1 saturated carbocycles. The average Bonchev–Trinajstić information content (AvgIpc) is 3.36. The second kappa shape index (κ2) is 8.83. The first-order valence-corrected chi connectivity index (χ1v) is 9.33. The molecule has 150 valence electrons. The van der Waals surface area contributed by atoms with Gasteiger partial charge in [0.1, 0.15) is 0 Å². The van der Waals surface area contributed by atoms with Gasteiger partial charge in [-0.25, -0.2) is 4.79 Å². The van der Waals surface area contributed by atoms with Crippen LogP contribution in [0.1, 0.15) is 36.0 Å². The largest absolute Gasteiger partial charge is 0.339 e. The summed E-state index contributed by atoms with van der Waals surface area (Å²) >= 11 is 0. The molecule has 0 saturated heterocycles. The molecular weight excluding hydrogens is 360 g/mol. The van der Waals surface area contributed by atoms with Gasteiger partial charge in [0.25, 0.3) is 0 Å². The minimum Gasteiger partial charge on any atom is -0.339 e. The van der Waals surface area contributed by atoms with Gasteiger partial charge in [-0.3, -0.25) is 4.79 Å². The van der Waals surface area contributed by atoms with Crippen LogP contribution in [0, 0.1) is 6.92 Å². The number of aromatic nitrogens is 2. The maximum absolute atomic E-state index is 12.1. The van der Waals surface area contributed by atoms with Gasteiger partial charge in [-0.1, -0.05) is 11.2 Å². The Bertz CT molecular complexity index is 844. The summed E-state index contributed by atoms with van der Waals surface area (Å²) in [4.78, 5) is 30.2. The van der Waals surface area contributed by atoms with E-state index in [1.807, 2.05) is 27.1 Å². The smallest absolute Gasteiger partial charge is 0.319 e. The minimum atomic E-state index is -0.333. The lowest BCUT2D eigenvalue weighted by Crippen LogP contribution is -2.30. The minimum absolute atomic E-state index is 0.111. The first kappa shape index (κ1) is 19.8. The van der Waals surface area contributed by atoms with E-state index >= 15 is 0 Å². The summed E-state index contributed by atoms with van der Waals surface area (Å²) in [6.45, 7) is 2.58. The van der Waals surface area contributed by atoms with Crippen LogP contribution in [0.5, 0.6) is 0 Å². The molecule has 0 bridgehead atoms. The highest BCUT2D eigenvalue weighted by Crippen LogP contribution is 2.38. The number of rotatable bonds is 8. The molecule has 1 fully saturated rings. The molecule has 9 nitrogen and oxygen atoms in total. The topological polar surface area (TPSA) is 112 Å². The van der Waals surface area contributed by atoms with E-state index in [1.54, 1.807) is 17.0 Å². The molecule has 3 rings (SSSR count). The predicted octanol–water partition coefficient (Wildman–Crippen LogP) is 2.12. The third-order valence-corrected chi connectivity index (χ3v) is 4.27.